The summed E-state index contributed by atoms with van der Waals surface area (Å²) in [7, 11) is 0. The Morgan fingerprint density at radius 1 is 1.33 bits per heavy atom. The summed E-state index contributed by atoms with van der Waals surface area (Å²) in [5.74, 6) is 0.179. The number of carbonyl (C=O) groups is 1. The van der Waals surface area contributed by atoms with Gasteiger partial charge in [0.05, 0.1) is 12.5 Å². The molecule has 1 saturated carbocycles. The highest BCUT2D eigenvalue weighted by Gasteiger charge is 2.21. The lowest BCUT2D eigenvalue weighted by atomic mass is 9.89. The molecule has 1 fully saturated rings. The molecule has 1 aromatic rings. The molecule has 2 rings (SSSR count). The molecule has 0 spiro atoms. The quantitative estimate of drug-likeness (QED) is 0.592. The van der Waals surface area contributed by atoms with Gasteiger partial charge in [0.15, 0.2) is 0 Å². The molecule has 0 atom stereocenters. The fourth-order valence-corrected chi connectivity index (χ4v) is 2.45. The maximum atomic E-state index is 11.8. The second-order valence-corrected chi connectivity index (χ2v) is 4.97. The summed E-state index contributed by atoms with van der Waals surface area (Å²) in [6.45, 7) is 0.532. The van der Waals surface area contributed by atoms with Crippen molar-refractivity contribution in [1.29, 1.82) is 0 Å². The van der Waals surface area contributed by atoms with Gasteiger partial charge in [-0.2, -0.15) is 0 Å². The Bertz CT molecular complexity index is 358. The SMILES string of the molecule is O=C(OCCCc1cccnc1)C1CCCCC1. The van der Waals surface area contributed by atoms with Gasteiger partial charge in [0.1, 0.15) is 0 Å². The molecule has 0 aliphatic heterocycles. The normalized spacial score (nSPS) is 16.4. The van der Waals surface area contributed by atoms with E-state index in [9.17, 15) is 4.79 Å². The number of hydrogen-bond acceptors (Lipinski definition) is 3. The van der Waals surface area contributed by atoms with E-state index >= 15 is 0 Å². The van der Waals surface area contributed by atoms with Crippen LogP contribution in [0, 0.1) is 5.92 Å². The Labute approximate surface area is 109 Å². The van der Waals surface area contributed by atoms with Crippen LogP contribution in [0.1, 0.15) is 44.1 Å². The third kappa shape index (κ3) is 4.13. The summed E-state index contributed by atoms with van der Waals surface area (Å²) in [5.41, 5.74) is 1.20. The average Bonchev–Trinajstić information content (AvgIpc) is 2.45. The molecule has 98 valence electrons. The number of hydrogen-bond donors (Lipinski definition) is 0. The van der Waals surface area contributed by atoms with E-state index < -0.39 is 0 Å². The number of aromatic nitrogens is 1. The maximum absolute atomic E-state index is 11.8. The number of pyridine rings is 1. The lowest BCUT2D eigenvalue weighted by Crippen LogP contribution is -2.20. The van der Waals surface area contributed by atoms with Crippen LogP contribution in [0.2, 0.25) is 0 Å². The molecule has 18 heavy (non-hydrogen) atoms. The molecule has 0 radical (unpaired) electrons. The van der Waals surface area contributed by atoms with Crippen LogP contribution in [0.25, 0.3) is 0 Å². The van der Waals surface area contributed by atoms with Crippen LogP contribution in [0.15, 0.2) is 24.5 Å². The number of aryl methyl sites for hydroxylation is 1. The molecule has 0 aromatic carbocycles. The van der Waals surface area contributed by atoms with E-state index in [1.54, 1.807) is 6.20 Å². The summed E-state index contributed by atoms with van der Waals surface area (Å²) in [6, 6.07) is 3.99. The van der Waals surface area contributed by atoms with Crippen molar-refractivity contribution >= 4 is 5.97 Å². The van der Waals surface area contributed by atoms with Crippen molar-refractivity contribution in [2.75, 3.05) is 6.61 Å². The molecular formula is C15H21NO2. The van der Waals surface area contributed by atoms with Crippen molar-refractivity contribution in [3.05, 3.63) is 30.1 Å². The fraction of sp³-hybridized carbons (Fsp3) is 0.600. The molecule has 1 aromatic heterocycles. The summed E-state index contributed by atoms with van der Waals surface area (Å²) >= 11 is 0. The second kappa shape index (κ2) is 7.14. The smallest absolute Gasteiger partial charge is 0.308 e. The Morgan fingerprint density at radius 2 is 2.17 bits per heavy atom. The first kappa shape index (κ1) is 13.1. The van der Waals surface area contributed by atoms with E-state index in [0.29, 0.717) is 6.61 Å². The molecule has 0 N–H and O–H groups in total. The Hall–Kier alpha value is -1.38. The minimum absolute atomic E-state index is 0.0147. The highest BCUT2D eigenvalue weighted by Crippen LogP contribution is 2.24. The van der Waals surface area contributed by atoms with Gasteiger partial charge in [-0.15, -0.1) is 0 Å². The standard InChI is InChI=1S/C15H21NO2/c17-15(14-8-2-1-3-9-14)18-11-5-7-13-6-4-10-16-12-13/h4,6,10,12,14H,1-3,5,7-9,11H2. The van der Waals surface area contributed by atoms with Gasteiger partial charge in [-0.1, -0.05) is 25.3 Å². The van der Waals surface area contributed by atoms with Gasteiger partial charge in [-0.05, 0) is 37.3 Å². The van der Waals surface area contributed by atoms with Crippen LogP contribution in [0.4, 0.5) is 0 Å². The second-order valence-electron chi connectivity index (χ2n) is 4.97. The summed E-state index contributed by atoms with van der Waals surface area (Å²) in [4.78, 5) is 15.8. The first-order chi connectivity index (χ1) is 8.86. The monoisotopic (exact) mass is 247 g/mol. The summed E-state index contributed by atoms with van der Waals surface area (Å²) in [6.07, 6.45) is 11.1. The molecule has 1 aliphatic carbocycles. The zero-order valence-corrected chi connectivity index (χ0v) is 10.8. The van der Waals surface area contributed by atoms with Crippen molar-refractivity contribution in [3.8, 4) is 0 Å². The van der Waals surface area contributed by atoms with Crippen LogP contribution in [-0.4, -0.2) is 17.6 Å². The average molecular weight is 247 g/mol. The highest BCUT2D eigenvalue weighted by molar-refractivity contribution is 5.72. The number of esters is 1. The van der Waals surface area contributed by atoms with Gasteiger partial charge in [-0.25, -0.2) is 0 Å². The third-order valence-corrected chi connectivity index (χ3v) is 3.52. The van der Waals surface area contributed by atoms with Gasteiger partial charge >= 0.3 is 5.97 Å². The van der Waals surface area contributed by atoms with Gasteiger partial charge in [0, 0.05) is 12.4 Å². The number of carbonyl (C=O) groups excluding carboxylic acids is 1. The largest absolute Gasteiger partial charge is 0.465 e. The van der Waals surface area contributed by atoms with Crippen molar-refractivity contribution in [2.24, 2.45) is 5.92 Å². The number of nitrogens with zero attached hydrogens (tertiary/aromatic N) is 1. The van der Waals surface area contributed by atoms with Crippen LogP contribution in [0.5, 0.6) is 0 Å². The van der Waals surface area contributed by atoms with Crippen molar-refractivity contribution < 1.29 is 9.53 Å². The van der Waals surface area contributed by atoms with E-state index in [0.717, 1.165) is 25.7 Å². The van der Waals surface area contributed by atoms with Crippen LogP contribution in [-0.2, 0) is 16.0 Å². The number of ether oxygens (including phenoxy) is 1. The molecule has 1 aliphatic rings. The van der Waals surface area contributed by atoms with E-state index in [1.165, 1.54) is 24.8 Å². The molecule has 0 unspecified atom stereocenters. The Morgan fingerprint density at radius 3 is 2.89 bits per heavy atom. The molecule has 0 saturated heterocycles. The molecule has 0 amide bonds. The molecule has 3 nitrogen and oxygen atoms in total. The van der Waals surface area contributed by atoms with Crippen LogP contribution < -0.4 is 0 Å². The van der Waals surface area contributed by atoms with E-state index in [1.807, 2.05) is 12.3 Å². The minimum Gasteiger partial charge on any atom is -0.465 e. The van der Waals surface area contributed by atoms with Crippen molar-refractivity contribution in [3.63, 3.8) is 0 Å². The predicted molar refractivity (Wildman–Crippen MR) is 70.1 cm³/mol. The highest BCUT2D eigenvalue weighted by atomic mass is 16.5. The summed E-state index contributed by atoms with van der Waals surface area (Å²) < 4.78 is 5.34. The Balaban J connectivity index is 1.61. The number of rotatable bonds is 5. The lowest BCUT2D eigenvalue weighted by molar-refractivity contribution is -0.149. The molecule has 1 heterocycles. The molecule has 3 heteroatoms. The topological polar surface area (TPSA) is 39.2 Å². The fourth-order valence-electron chi connectivity index (χ4n) is 2.45. The molecular weight excluding hydrogens is 226 g/mol. The van der Waals surface area contributed by atoms with Crippen molar-refractivity contribution in [1.82, 2.24) is 4.98 Å². The summed E-state index contributed by atoms with van der Waals surface area (Å²) in [5, 5.41) is 0. The van der Waals surface area contributed by atoms with Crippen LogP contribution >= 0.6 is 0 Å². The van der Waals surface area contributed by atoms with Gasteiger partial charge in [-0.3, -0.25) is 9.78 Å². The van der Waals surface area contributed by atoms with E-state index in [-0.39, 0.29) is 11.9 Å². The van der Waals surface area contributed by atoms with Gasteiger partial charge in [0.2, 0.25) is 0 Å². The van der Waals surface area contributed by atoms with E-state index in [4.69, 9.17) is 4.74 Å². The van der Waals surface area contributed by atoms with Gasteiger partial charge in [0.25, 0.3) is 0 Å². The molecule has 0 bridgehead atoms. The zero-order chi connectivity index (χ0) is 12.6. The van der Waals surface area contributed by atoms with Crippen LogP contribution in [0.3, 0.4) is 0 Å². The first-order valence-electron chi connectivity index (χ1n) is 6.92. The maximum Gasteiger partial charge on any atom is 0.308 e. The first-order valence-corrected chi connectivity index (χ1v) is 6.92. The Kier molecular flexibility index (Phi) is 5.18. The van der Waals surface area contributed by atoms with Gasteiger partial charge < -0.3 is 4.74 Å². The van der Waals surface area contributed by atoms with E-state index in [2.05, 4.69) is 11.1 Å². The predicted octanol–water partition coefficient (Wildman–Crippen LogP) is 3.14. The third-order valence-electron chi connectivity index (χ3n) is 3.52. The minimum atomic E-state index is 0.0147. The lowest BCUT2D eigenvalue weighted by Gasteiger charge is -2.19. The van der Waals surface area contributed by atoms with Crippen molar-refractivity contribution in [2.45, 2.75) is 44.9 Å². The zero-order valence-electron chi connectivity index (χ0n) is 10.8.